The Labute approximate surface area is 196 Å². The molecule has 0 unspecified atom stereocenters. The summed E-state index contributed by atoms with van der Waals surface area (Å²) >= 11 is 0. The molecule has 0 radical (unpaired) electrons. The summed E-state index contributed by atoms with van der Waals surface area (Å²) in [7, 11) is 3.31. The number of hydrogen-bond donors (Lipinski definition) is 1. The summed E-state index contributed by atoms with van der Waals surface area (Å²) in [6, 6.07) is 4.61. The molecule has 5 rings (SSSR count). The average Bonchev–Trinajstić information content (AvgIpc) is 3.55. The van der Waals surface area contributed by atoms with E-state index in [1.165, 1.54) is 19.6 Å². The molecule has 34 heavy (non-hydrogen) atoms. The zero-order valence-corrected chi connectivity index (χ0v) is 19.7. The van der Waals surface area contributed by atoms with Gasteiger partial charge in [0.25, 0.3) is 11.5 Å². The first kappa shape index (κ1) is 22.4. The Hall–Kier alpha value is -3.36. The SMILES string of the molecule is COc1ccc(-c2onc(C(=O)Nc3c(C)n(C)n(C4CCCCC4)c3=O)c2C2CC2)c(F)c1. The summed E-state index contributed by atoms with van der Waals surface area (Å²) < 4.78 is 28.9. The number of anilines is 1. The van der Waals surface area contributed by atoms with E-state index in [0.717, 1.165) is 38.5 Å². The lowest BCUT2D eigenvalue weighted by Crippen LogP contribution is -2.29. The van der Waals surface area contributed by atoms with Crippen LogP contribution in [0.2, 0.25) is 0 Å². The molecule has 2 aromatic heterocycles. The number of carbonyl (C=O) groups is 1. The first-order valence-corrected chi connectivity index (χ1v) is 11.8. The van der Waals surface area contributed by atoms with E-state index in [0.29, 0.717) is 17.0 Å². The Morgan fingerprint density at radius 1 is 1.21 bits per heavy atom. The summed E-state index contributed by atoms with van der Waals surface area (Å²) in [5, 5.41) is 6.80. The number of methoxy groups -OCH3 is 1. The Morgan fingerprint density at radius 3 is 2.59 bits per heavy atom. The van der Waals surface area contributed by atoms with Gasteiger partial charge < -0.3 is 14.6 Å². The van der Waals surface area contributed by atoms with Gasteiger partial charge in [0.1, 0.15) is 17.3 Å². The van der Waals surface area contributed by atoms with Crippen molar-refractivity contribution in [2.24, 2.45) is 7.05 Å². The number of nitrogens with zero attached hydrogens (tertiary/aromatic N) is 3. The normalized spacial score (nSPS) is 16.6. The number of aromatic nitrogens is 3. The molecule has 2 fully saturated rings. The van der Waals surface area contributed by atoms with E-state index in [1.807, 2.05) is 18.7 Å². The number of nitrogens with one attached hydrogen (secondary N) is 1. The van der Waals surface area contributed by atoms with Crippen LogP contribution in [0.1, 0.15) is 78.7 Å². The maximum atomic E-state index is 14.8. The van der Waals surface area contributed by atoms with E-state index in [1.54, 1.807) is 16.8 Å². The summed E-state index contributed by atoms with van der Waals surface area (Å²) in [6.45, 7) is 1.82. The summed E-state index contributed by atoms with van der Waals surface area (Å²) in [6.07, 6.45) is 7.02. The third-order valence-electron chi connectivity index (χ3n) is 7.10. The molecular formula is C25H29FN4O4. The first-order valence-electron chi connectivity index (χ1n) is 11.8. The summed E-state index contributed by atoms with van der Waals surface area (Å²) in [5.41, 5.74) is 1.63. The molecule has 0 spiro atoms. The molecule has 9 heteroatoms. The molecule has 2 heterocycles. The fourth-order valence-electron chi connectivity index (χ4n) is 4.99. The van der Waals surface area contributed by atoms with Gasteiger partial charge in [-0.3, -0.25) is 14.3 Å². The minimum absolute atomic E-state index is 0.0688. The molecule has 1 amide bonds. The van der Waals surface area contributed by atoms with Crippen LogP contribution in [0.3, 0.4) is 0 Å². The van der Waals surface area contributed by atoms with Crippen LogP contribution in [0.5, 0.6) is 5.75 Å². The van der Waals surface area contributed by atoms with E-state index in [4.69, 9.17) is 9.26 Å². The van der Waals surface area contributed by atoms with Crippen molar-refractivity contribution < 1.29 is 18.4 Å². The molecule has 3 aromatic rings. The van der Waals surface area contributed by atoms with Gasteiger partial charge in [-0.1, -0.05) is 24.4 Å². The number of amides is 1. The second kappa shape index (κ2) is 8.77. The largest absolute Gasteiger partial charge is 0.497 e. The zero-order valence-electron chi connectivity index (χ0n) is 19.7. The van der Waals surface area contributed by atoms with Gasteiger partial charge in [0.15, 0.2) is 11.5 Å². The van der Waals surface area contributed by atoms with Crippen molar-refractivity contribution in [2.75, 3.05) is 12.4 Å². The Bertz CT molecular complexity index is 1290. The Balaban J connectivity index is 1.48. The lowest BCUT2D eigenvalue weighted by Gasteiger charge is -2.24. The maximum absolute atomic E-state index is 14.8. The maximum Gasteiger partial charge on any atom is 0.291 e. The summed E-state index contributed by atoms with van der Waals surface area (Å²) in [5.74, 6) is -0.331. The van der Waals surface area contributed by atoms with E-state index >= 15 is 0 Å². The standard InChI is InChI=1S/C25H29FN4O4/c1-14-21(25(32)30(29(14)2)16-7-5-4-6-8-16)27-24(31)22-20(15-9-10-15)23(34-28-22)18-12-11-17(33-3)13-19(18)26/h11-13,15-16H,4-10H2,1-3H3,(H,27,31). The van der Waals surface area contributed by atoms with Crippen molar-refractivity contribution in [1.29, 1.82) is 0 Å². The highest BCUT2D eigenvalue weighted by Crippen LogP contribution is 2.47. The Kier molecular flexibility index (Phi) is 5.79. The fraction of sp³-hybridized carbons (Fsp3) is 0.480. The monoisotopic (exact) mass is 468 g/mol. The molecule has 2 saturated carbocycles. The predicted octanol–water partition coefficient (Wildman–Crippen LogP) is 4.93. The van der Waals surface area contributed by atoms with Crippen molar-refractivity contribution in [3.8, 4) is 17.1 Å². The van der Waals surface area contributed by atoms with Crippen molar-refractivity contribution >= 4 is 11.6 Å². The van der Waals surface area contributed by atoms with E-state index in [9.17, 15) is 14.0 Å². The van der Waals surface area contributed by atoms with Crippen LogP contribution < -0.4 is 15.6 Å². The van der Waals surface area contributed by atoms with Gasteiger partial charge >= 0.3 is 0 Å². The van der Waals surface area contributed by atoms with Crippen molar-refractivity contribution in [2.45, 2.75) is 63.8 Å². The second-order valence-corrected chi connectivity index (χ2v) is 9.27. The minimum Gasteiger partial charge on any atom is -0.497 e. The van der Waals surface area contributed by atoms with Crippen molar-refractivity contribution in [3.63, 3.8) is 0 Å². The molecule has 0 atom stereocenters. The summed E-state index contributed by atoms with van der Waals surface area (Å²) in [4.78, 5) is 26.6. The van der Waals surface area contributed by atoms with Gasteiger partial charge in [-0.15, -0.1) is 0 Å². The van der Waals surface area contributed by atoms with Crippen molar-refractivity contribution in [1.82, 2.24) is 14.5 Å². The van der Waals surface area contributed by atoms with Crippen LogP contribution in [-0.2, 0) is 7.05 Å². The number of benzene rings is 1. The number of rotatable bonds is 6. The van der Waals surface area contributed by atoms with E-state index in [-0.39, 0.29) is 40.2 Å². The second-order valence-electron chi connectivity index (χ2n) is 9.27. The molecule has 1 N–H and O–H groups in total. The molecule has 180 valence electrons. The lowest BCUT2D eigenvalue weighted by atomic mass is 9.96. The average molecular weight is 469 g/mol. The van der Waals surface area contributed by atoms with Crippen LogP contribution in [0.4, 0.5) is 10.1 Å². The Morgan fingerprint density at radius 2 is 1.94 bits per heavy atom. The third-order valence-corrected chi connectivity index (χ3v) is 7.10. The molecule has 2 aliphatic carbocycles. The van der Waals surface area contributed by atoms with E-state index in [2.05, 4.69) is 10.5 Å². The van der Waals surface area contributed by atoms with Gasteiger partial charge in [0, 0.05) is 18.7 Å². The molecule has 0 aliphatic heterocycles. The van der Waals surface area contributed by atoms with Gasteiger partial charge in [-0.2, -0.15) is 0 Å². The molecule has 1 aromatic carbocycles. The van der Waals surface area contributed by atoms with Crippen molar-refractivity contribution in [3.05, 3.63) is 51.3 Å². The van der Waals surface area contributed by atoms with Gasteiger partial charge in [0.2, 0.25) is 0 Å². The molecule has 0 saturated heterocycles. The highest BCUT2D eigenvalue weighted by molar-refractivity contribution is 6.05. The smallest absolute Gasteiger partial charge is 0.291 e. The molecule has 8 nitrogen and oxygen atoms in total. The minimum atomic E-state index is -0.521. The highest BCUT2D eigenvalue weighted by atomic mass is 19.1. The zero-order chi connectivity index (χ0) is 24.0. The lowest BCUT2D eigenvalue weighted by molar-refractivity contribution is 0.101. The van der Waals surface area contributed by atoms with Gasteiger partial charge in [0.05, 0.1) is 24.4 Å². The van der Waals surface area contributed by atoms with Crippen LogP contribution in [0, 0.1) is 12.7 Å². The number of halogens is 1. The first-order chi connectivity index (χ1) is 16.4. The topological polar surface area (TPSA) is 91.3 Å². The highest BCUT2D eigenvalue weighted by Gasteiger charge is 2.36. The van der Waals surface area contributed by atoms with Gasteiger partial charge in [-0.25, -0.2) is 9.07 Å². The quantitative estimate of drug-likeness (QED) is 0.554. The third kappa shape index (κ3) is 3.82. The molecular weight excluding hydrogens is 439 g/mol. The van der Waals surface area contributed by atoms with Crippen LogP contribution in [0.25, 0.3) is 11.3 Å². The number of ether oxygens (including phenoxy) is 1. The fourth-order valence-corrected chi connectivity index (χ4v) is 4.99. The van der Waals surface area contributed by atoms with E-state index < -0.39 is 11.7 Å². The molecule has 2 aliphatic rings. The molecule has 0 bridgehead atoms. The van der Waals surface area contributed by atoms with Crippen LogP contribution in [0.15, 0.2) is 27.5 Å². The van der Waals surface area contributed by atoms with Crippen LogP contribution in [-0.4, -0.2) is 27.5 Å². The number of carbonyl (C=O) groups excluding carboxylic acids is 1. The van der Waals surface area contributed by atoms with Crippen LogP contribution >= 0.6 is 0 Å². The predicted molar refractivity (Wildman–Crippen MR) is 125 cm³/mol. The van der Waals surface area contributed by atoms with Gasteiger partial charge in [-0.05, 0) is 50.7 Å². The number of hydrogen-bond acceptors (Lipinski definition) is 5.